The fraction of sp³-hybridized carbons (Fsp3) is 0.583. The number of alkyl carbamates (subject to hydrolysis) is 1. The van der Waals surface area contributed by atoms with Crippen LogP contribution in [-0.2, 0) is 4.74 Å². The number of Topliss-reactive ketones (excluding diaryl/α,β-unsaturated/α-hetero) is 1. The van der Waals surface area contributed by atoms with Crippen molar-refractivity contribution in [2.75, 3.05) is 0 Å². The van der Waals surface area contributed by atoms with E-state index in [1.165, 1.54) is 11.3 Å². The number of carbonyl (C=O) groups is 2. The number of carbonyl (C=O) groups excluding carboxylic acids is 2. The van der Waals surface area contributed by atoms with Gasteiger partial charge in [0.2, 0.25) is 0 Å². The largest absolute Gasteiger partial charge is 0.444 e. The van der Waals surface area contributed by atoms with Crippen LogP contribution in [0, 0.1) is 6.92 Å². The Morgan fingerprint density at radius 3 is 2.50 bits per heavy atom. The first-order chi connectivity index (χ1) is 8.20. The van der Waals surface area contributed by atoms with Gasteiger partial charge in [0.1, 0.15) is 5.60 Å². The van der Waals surface area contributed by atoms with E-state index in [1.54, 1.807) is 40.1 Å². The maximum Gasteiger partial charge on any atom is 0.408 e. The van der Waals surface area contributed by atoms with Gasteiger partial charge in [-0.15, -0.1) is 11.3 Å². The summed E-state index contributed by atoms with van der Waals surface area (Å²) in [6.07, 6.45) is -0.592. The second-order valence-corrected chi connectivity index (χ2v) is 5.85. The number of rotatable bonds is 3. The number of ether oxygens (including phenoxy) is 1. The number of thiazole rings is 1. The number of nitrogens with zero attached hydrogens (tertiary/aromatic N) is 1. The van der Waals surface area contributed by atoms with Gasteiger partial charge in [0.25, 0.3) is 0 Å². The molecule has 6 heteroatoms. The van der Waals surface area contributed by atoms with Gasteiger partial charge in [0.05, 0.1) is 22.1 Å². The maximum atomic E-state index is 12.0. The smallest absolute Gasteiger partial charge is 0.408 e. The van der Waals surface area contributed by atoms with Gasteiger partial charge >= 0.3 is 6.09 Å². The van der Waals surface area contributed by atoms with E-state index in [2.05, 4.69) is 10.3 Å². The Labute approximate surface area is 111 Å². The van der Waals surface area contributed by atoms with Gasteiger partial charge in [0, 0.05) is 0 Å². The Balaban J connectivity index is 2.61. The summed E-state index contributed by atoms with van der Waals surface area (Å²) in [7, 11) is 0. The van der Waals surface area contributed by atoms with Gasteiger partial charge in [-0.2, -0.15) is 0 Å². The summed E-state index contributed by atoms with van der Waals surface area (Å²) in [6, 6.07) is -0.626. The fourth-order valence-corrected chi connectivity index (χ4v) is 2.12. The Kier molecular flexibility index (Phi) is 4.45. The van der Waals surface area contributed by atoms with E-state index in [1.807, 2.05) is 0 Å². The highest BCUT2D eigenvalue weighted by Gasteiger charge is 2.23. The molecule has 1 heterocycles. The van der Waals surface area contributed by atoms with Crippen LogP contribution in [0.5, 0.6) is 0 Å². The lowest BCUT2D eigenvalue weighted by Crippen LogP contribution is -2.41. The van der Waals surface area contributed by atoms with E-state index >= 15 is 0 Å². The Morgan fingerprint density at radius 2 is 2.06 bits per heavy atom. The summed E-state index contributed by atoms with van der Waals surface area (Å²) >= 11 is 1.27. The van der Waals surface area contributed by atoms with E-state index in [0.717, 1.165) is 0 Å². The SMILES string of the molecule is Cc1ncsc1C(=O)C(C)NC(=O)OC(C)(C)C. The molecule has 1 rings (SSSR count). The van der Waals surface area contributed by atoms with Crippen LogP contribution in [0.2, 0.25) is 0 Å². The molecule has 1 atom stereocenters. The zero-order chi connectivity index (χ0) is 13.9. The third kappa shape index (κ3) is 4.10. The van der Waals surface area contributed by atoms with Gasteiger partial charge in [-0.25, -0.2) is 9.78 Å². The second-order valence-electron chi connectivity index (χ2n) is 5.00. The zero-order valence-corrected chi connectivity index (χ0v) is 12.1. The van der Waals surface area contributed by atoms with Crippen LogP contribution >= 0.6 is 11.3 Å². The second kappa shape index (κ2) is 5.48. The van der Waals surface area contributed by atoms with E-state index in [0.29, 0.717) is 10.6 Å². The monoisotopic (exact) mass is 270 g/mol. The highest BCUT2D eigenvalue weighted by molar-refractivity contribution is 7.12. The van der Waals surface area contributed by atoms with E-state index < -0.39 is 17.7 Å². The summed E-state index contributed by atoms with van der Waals surface area (Å²) in [5.41, 5.74) is 1.72. The fourth-order valence-electron chi connectivity index (χ4n) is 1.28. The zero-order valence-electron chi connectivity index (χ0n) is 11.2. The number of amides is 1. The molecule has 100 valence electrons. The molecule has 1 N–H and O–H groups in total. The van der Waals surface area contributed by atoms with E-state index in [-0.39, 0.29) is 5.78 Å². The lowest BCUT2D eigenvalue weighted by Gasteiger charge is -2.21. The maximum absolute atomic E-state index is 12.0. The van der Waals surface area contributed by atoms with Gasteiger partial charge in [0.15, 0.2) is 5.78 Å². The van der Waals surface area contributed by atoms with Crippen molar-refractivity contribution >= 4 is 23.2 Å². The summed E-state index contributed by atoms with van der Waals surface area (Å²) in [6.45, 7) is 8.71. The molecule has 0 saturated heterocycles. The standard InChI is InChI=1S/C12H18N2O3S/c1-7(14-11(16)17-12(3,4)5)9(15)10-8(2)13-6-18-10/h6-7H,1-5H3,(H,14,16). The number of nitrogens with one attached hydrogen (secondary N) is 1. The molecule has 0 aliphatic heterocycles. The number of hydrogen-bond donors (Lipinski definition) is 1. The summed E-state index contributed by atoms with van der Waals surface area (Å²) in [5, 5.41) is 2.52. The van der Waals surface area contributed by atoms with Crippen LogP contribution in [0.3, 0.4) is 0 Å². The Hall–Kier alpha value is -1.43. The first-order valence-corrected chi connectivity index (χ1v) is 6.52. The molecule has 1 aromatic rings. The number of hydrogen-bond acceptors (Lipinski definition) is 5. The number of aromatic nitrogens is 1. The predicted molar refractivity (Wildman–Crippen MR) is 70.0 cm³/mol. The highest BCUT2D eigenvalue weighted by Crippen LogP contribution is 2.15. The molecule has 0 aliphatic rings. The summed E-state index contributed by atoms with van der Waals surface area (Å²) in [5.74, 6) is -0.152. The first kappa shape index (κ1) is 14.6. The summed E-state index contributed by atoms with van der Waals surface area (Å²) in [4.78, 5) is 28.1. The molecule has 1 unspecified atom stereocenters. The Morgan fingerprint density at radius 1 is 1.44 bits per heavy atom. The number of ketones is 1. The average molecular weight is 270 g/mol. The molecule has 18 heavy (non-hydrogen) atoms. The lowest BCUT2D eigenvalue weighted by molar-refractivity contribution is 0.0497. The van der Waals surface area contributed by atoms with Crippen LogP contribution in [0.4, 0.5) is 4.79 Å². The van der Waals surface area contributed by atoms with Crippen LogP contribution in [0.15, 0.2) is 5.51 Å². The summed E-state index contributed by atoms with van der Waals surface area (Å²) < 4.78 is 5.09. The van der Waals surface area contributed by atoms with Crippen molar-refractivity contribution < 1.29 is 14.3 Å². The molecule has 0 aliphatic carbocycles. The molecule has 1 aromatic heterocycles. The van der Waals surface area contributed by atoms with Crippen LogP contribution in [0.25, 0.3) is 0 Å². The van der Waals surface area contributed by atoms with Gasteiger partial charge in [-0.05, 0) is 34.6 Å². The molecular weight excluding hydrogens is 252 g/mol. The normalized spacial score (nSPS) is 12.9. The minimum Gasteiger partial charge on any atom is -0.444 e. The van der Waals surface area contributed by atoms with Crippen LogP contribution < -0.4 is 5.32 Å². The van der Waals surface area contributed by atoms with Crippen molar-refractivity contribution in [2.24, 2.45) is 0 Å². The molecular formula is C12H18N2O3S. The molecule has 0 aromatic carbocycles. The lowest BCUT2D eigenvalue weighted by atomic mass is 10.1. The van der Waals surface area contributed by atoms with Crippen molar-refractivity contribution in [3.63, 3.8) is 0 Å². The van der Waals surface area contributed by atoms with Crippen LogP contribution in [0.1, 0.15) is 43.1 Å². The van der Waals surface area contributed by atoms with Crippen molar-refractivity contribution in [2.45, 2.75) is 46.3 Å². The van der Waals surface area contributed by atoms with Crippen molar-refractivity contribution in [1.29, 1.82) is 0 Å². The predicted octanol–water partition coefficient (Wildman–Crippen LogP) is 2.55. The van der Waals surface area contributed by atoms with E-state index in [4.69, 9.17) is 4.74 Å². The van der Waals surface area contributed by atoms with E-state index in [9.17, 15) is 9.59 Å². The molecule has 0 fully saturated rings. The highest BCUT2D eigenvalue weighted by atomic mass is 32.1. The minimum atomic E-state index is -0.626. The van der Waals surface area contributed by atoms with Crippen LogP contribution in [-0.4, -0.2) is 28.5 Å². The third-order valence-electron chi connectivity index (χ3n) is 2.10. The molecule has 0 bridgehead atoms. The number of aryl methyl sites for hydroxylation is 1. The molecule has 5 nitrogen and oxygen atoms in total. The molecule has 0 saturated carbocycles. The first-order valence-electron chi connectivity index (χ1n) is 5.64. The molecule has 1 amide bonds. The third-order valence-corrected chi connectivity index (χ3v) is 3.04. The van der Waals surface area contributed by atoms with Gasteiger partial charge in [-0.3, -0.25) is 4.79 Å². The molecule has 0 spiro atoms. The average Bonchev–Trinajstić information content (AvgIpc) is 2.60. The topological polar surface area (TPSA) is 68.3 Å². The Bertz CT molecular complexity index is 448. The van der Waals surface area contributed by atoms with Gasteiger partial charge in [-0.1, -0.05) is 0 Å². The van der Waals surface area contributed by atoms with Gasteiger partial charge < -0.3 is 10.1 Å². The molecule has 0 radical (unpaired) electrons. The van der Waals surface area contributed by atoms with Crippen molar-refractivity contribution in [3.05, 3.63) is 16.1 Å². The minimum absolute atomic E-state index is 0.152. The quantitative estimate of drug-likeness (QED) is 0.857. The van der Waals surface area contributed by atoms with Crippen molar-refractivity contribution in [1.82, 2.24) is 10.3 Å². The van der Waals surface area contributed by atoms with Crippen molar-refractivity contribution in [3.8, 4) is 0 Å².